The molecule has 2 aromatic rings. The van der Waals surface area contributed by atoms with E-state index in [2.05, 4.69) is 5.32 Å². The Kier molecular flexibility index (Phi) is 5.35. The minimum absolute atomic E-state index is 0.0721. The Morgan fingerprint density at radius 2 is 1.96 bits per heavy atom. The van der Waals surface area contributed by atoms with Crippen LogP contribution < -0.4 is 10.1 Å². The fourth-order valence-corrected chi connectivity index (χ4v) is 3.42. The zero-order valence-electron chi connectivity index (χ0n) is 15.0. The highest BCUT2D eigenvalue weighted by Crippen LogP contribution is 2.40. The molecule has 136 valence electrons. The number of aryl methyl sites for hydroxylation is 1. The van der Waals surface area contributed by atoms with Gasteiger partial charge >= 0.3 is 0 Å². The van der Waals surface area contributed by atoms with Crippen molar-refractivity contribution in [3.05, 3.63) is 64.5 Å². The number of ether oxygens (including phenoxy) is 1. The van der Waals surface area contributed by atoms with Gasteiger partial charge in [0.05, 0.1) is 5.56 Å². The van der Waals surface area contributed by atoms with Crippen LogP contribution in [0, 0.1) is 12.7 Å². The molecule has 1 amide bonds. The van der Waals surface area contributed by atoms with E-state index >= 15 is 0 Å². The summed E-state index contributed by atoms with van der Waals surface area (Å²) >= 11 is 0. The zero-order valence-corrected chi connectivity index (χ0v) is 15.0. The van der Waals surface area contributed by atoms with E-state index in [9.17, 15) is 14.0 Å². The molecule has 0 bridgehead atoms. The first-order valence-electron chi connectivity index (χ1n) is 8.76. The lowest BCUT2D eigenvalue weighted by Gasteiger charge is -2.13. The lowest BCUT2D eigenvalue weighted by molar-refractivity contribution is -0.123. The van der Waals surface area contributed by atoms with Crippen molar-refractivity contribution in [3.8, 4) is 5.75 Å². The Morgan fingerprint density at radius 1 is 1.23 bits per heavy atom. The molecule has 26 heavy (non-hydrogen) atoms. The summed E-state index contributed by atoms with van der Waals surface area (Å²) in [6.07, 6.45) is 1.10. The summed E-state index contributed by atoms with van der Waals surface area (Å²) in [7, 11) is 0. The van der Waals surface area contributed by atoms with Crippen molar-refractivity contribution in [2.75, 3.05) is 13.2 Å². The number of nitrogens with one attached hydrogen (secondary N) is 1. The molecule has 1 aliphatic carbocycles. The molecule has 0 radical (unpaired) electrons. The number of hydrogen-bond acceptors (Lipinski definition) is 3. The molecule has 3 rings (SSSR count). The van der Waals surface area contributed by atoms with Gasteiger partial charge < -0.3 is 10.1 Å². The molecule has 1 N–H and O–H groups in total. The number of hydrogen-bond donors (Lipinski definition) is 1. The first-order chi connectivity index (χ1) is 12.5. The minimum atomic E-state index is -0.277. The standard InChI is InChI=1S/C21H22FNO3/c1-13-3-8-18(21-17(24)11-14(2)20(13)21)26-12-19(25)23-10-9-15-4-6-16(22)7-5-15/h3-8,14H,9-12H2,1-2H3,(H,23,25)/t14-/m0/s1. The molecular formula is C21H22FNO3. The Balaban J connectivity index is 1.54. The molecule has 2 aromatic carbocycles. The third-order valence-electron chi connectivity index (χ3n) is 4.70. The maximum Gasteiger partial charge on any atom is 0.257 e. The summed E-state index contributed by atoms with van der Waals surface area (Å²) in [5.41, 5.74) is 3.68. The summed E-state index contributed by atoms with van der Waals surface area (Å²) in [4.78, 5) is 24.2. The topological polar surface area (TPSA) is 55.4 Å². The van der Waals surface area contributed by atoms with Crippen LogP contribution in [0.3, 0.4) is 0 Å². The maximum absolute atomic E-state index is 12.9. The summed E-state index contributed by atoms with van der Waals surface area (Å²) in [5.74, 6) is 0.211. The first-order valence-corrected chi connectivity index (χ1v) is 8.76. The second kappa shape index (κ2) is 7.68. The SMILES string of the molecule is Cc1ccc(OCC(=O)NCCc2ccc(F)cc2)c2c1[C@@H](C)CC2=O. The lowest BCUT2D eigenvalue weighted by Crippen LogP contribution is -2.30. The van der Waals surface area contributed by atoms with Gasteiger partial charge in [-0.25, -0.2) is 4.39 Å². The zero-order chi connectivity index (χ0) is 18.7. The summed E-state index contributed by atoms with van der Waals surface area (Å²) in [6, 6.07) is 9.87. The van der Waals surface area contributed by atoms with Crippen LogP contribution in [0.5, 0.6) is 5.75 Å². The number of amides is 1. The third kappa shape index (κ3) is 3.93. The quantitative estimate of drug-likeness (QED) is 0.862. The lowest BCUT2D eigenvalue weighted by atomic mass is 9.97. The Morgan fingerprint density at radius 3 is 2.69 bits per heavy atom. The number of ketones is 1. The van der Waals surface area contributed by atoms with Crippen LogP contribution in [0.15, 0.2) is 36.4 Å². The van der Waals surface area contributed by atoms with Crippen LogP contribution in [-0.2, 0) is 11.2 Å². The second-order valence-electron chi connectivity index (χ2n) is 6.71. The van der Waals surface area contributed by atoms with Crippen molar-refractivity contribution >= 4 is 11.7 Å². The van der Waals surface area contributed by atoms with Crippen molar-refractivity contribution in [2.45, 2.75) is 32.6 Å². The number of Topliss-reactive ketones (excluding diaryl/α,β-unsaturated/α-hetero) is 1. The van der Waals surface area contributed by atoms with Gasteiger partial charge in [-0.3, -0.25) is 9.59 Å². The van der Waals surface area contributed by atoms with E-state index in [4.69, 9.17) is 4.74 Å². The van der Waals surface area contributed by atoms with Crippen LogP contribution in [0.2, 0.25) is 0 Å². The van der Waals surface area contributed by atoms with Crippen LogP contribution in [0.25, 0.3) is 0 Å². The van der Waals surface area contributed by atoms with E-state index in [1.807, 2.05) is 19.9 Å². The normalized spacial score (nSPS) is 15.7. The highest BCUT2D eigenvalue weighted by Gasteiger charge is 2.31. The van der Waals surface area contributed by atoms with Crippen molar-refractivity contribution in [1.29, 1.82) is 0 Å². The minimum Gasteiger partial charge on any atom is -0.483 e. The van der Waals surface area contributed by atoms with Gasteiger partial charge in [0.2, 0.25) is 0 Å². The van der Waals surface area contributed by atoms with E-state index in [0.29, 0.717) is 30.7 Å². The monoisotopic (exact) mass is 355 g/mol. The number of carbonyl (C=O) groups is 2. The number of benzene rings is 2. The van der Waals surface area contributed by atoms with Gasteiger partial charge in [-0.15, -0.1) is 0 Å². The molecule has 0 spiro atoms. The molecule has 0 heterocycles. The number of halogens is 1. The average molecular weight is 355 g/mol. The van der Waals surface area contributed by atoms with Crippen LogP contribution in [0.4, 0.5) is 4.39 Å². The number of carbonyl (C=O) groups excluding carboxylic acids is 2. The van der Waals surface area contributed by atoms with Gasteiger partial charge in [-0.1, -0.05) is 25.1 Å². The number of rotatable bonds is 6. The maximum atomic E-state index is 12.9. The fraction of sp³-hybridized carbons (Fsp3) is 0.333. The van der Waals surface area contributed by atoms with Gasteiger partial charge in [0.15, 0.2) is 12.4 Å². The van der Waals surface area contributed by atoms with E-state index < -0.39 is 0 Å². The molecule has 0 saturated carbocycles. The molecule has 0 saturated heterocycles. The first kappa shape index (κ1) is 18.1. The van der Waals surface area contributed by atoms with Crippen molar-refractivity contribution in [1.82, 2.24) is 5.32 Å². The molecule has 1 aliphatic rings. The molecule has 0 aromatic heterocycles. The van der Waals surface area contributed by atoms with Gasteiger partial charge in [-0.05, 0) is 54.2 Å². The van der Waals surface area contributed by atoms with Gasteiger partial charge in [-0.2, -0.15) is 0 Å². The Labute approximate surface area is 152 Å². The fourth-order valence-electron chi connectivity index (χ4n) is 3.42. The molecule has 4 nitrogen and oxygen atoms in total. The van der Waals surface area contributed by atoms with E-state index in [-0.39, 0.29) is 30.0 Å². The molecular weight excluding hydrogens is 333 g/mol. The van der Waals surface area contributed by atoms with E-state index in [1.54, 1.807) is 18.2 Å². The van der Waals surface area contributed by atoms with Crippen molar-refractivity contribution < 1.29 is 18.7 Å². The largest absolute Gasteiger partial charge is 0.483 e. The highest BCUT2D eigenvalue weighted by molar-refractivity contribution is 6.04. The second-order valence-corrected chi connectivity index (χ2v) is 6.71. The predicted molar refractivity (Wildman–Crippen MR) is 97.2 cm³/mol. The van der Waals surface area contributed by atoms with Crippen LogP contribution >= 0.6 is 0 Å². The van der Waals surface area contributed by atoms with Crippen molar-refractivity contribution in [3.63, 3.8) is 0 Å². The van der Waals surface area contributed by atoms with Crippen molar-refractivity contribution in [2.24, 2.45) is 0 Å². The summed E-state index contributed by atoms with van der Waals surface area (Å²) < 4.78 is 18.5. The molecule has 0 fully saturated rings. The highest BCUT2D eigenvalue weighted by atomic mass is 19.1. The molecule has 1 atom stereocenters. The number of fused-ring (bicyclic) bond motifs is 1. The Bertz CT molecular complexity index is 830. The molecule has 0 aliphatic heterocycles. The van der Waals surface area contributed by atoms with Gasteiger partial charge in [0, 0.05) is 13.0 Å². The molecule has 0 unspecified atom stereocenters. The Hall–Kier alpha value is -2.69. The summed E-state index contributed by atoms with van der Waals surface area (Å²) in [6.45, 7) is 4.32. The van der Waals surface area contributed by atoms with Crippen LogP contribution in [-0.4, -0.2) is 24.8 Å². The van der Waals surface area contributed by atoms with E-state index in [1.165, 1.54) is 12.1 Å². The smallest absolute Gasteiger partial charge is 0.257 e. The summed E-state index contributed by atoms with van der Waals surface area (Å²) in [5, 5.41) is 2.77. The average Bonchev–Trinajstić information content (AvgIpc) is 2.92. The van der Waals surface area contributed by atoms with Gasteiger partial charge in [0.25, 0.3) is 5.91 Å². The predicted octanol–water partition coefficient (Wildman–Crippen LogP) is 3.56. The van der Waals surface area contributed by atoms with E-state index in [0.717, 1.165) is 16.7 Å². The third-order valence-corrected chi connectivity index (χ3v) is 4.70. The van der Waals surface area contributed by atoms with Gasteiger partial charge in [0.1, 0.15) is 11.6 Å². The molecule has 5 heteroatoms. The van der Waals surface area contributed by atoms with Crippen LogP contribution in [0.1, 0.15) is 46.3 Å².